The van der Waals surface area contributed by atoms with Crippen LogP contribution in [0.5, 0.6) is 0 Å². The molecule has 0 atom stereocenters. The summed E-state index contributed by atoms with van der Waals surface area (Å²) < 4.78 is 5.73. The average Bonchev–Trinajstić information content (AvgIpc) is 2.05. The maximum absolute atomic E-state index is 11.3. The zero-order valence-corrected chi connectivity index (χ0v) is 8.87. The van der Waals surface area contributed by atoms with E-state index in [-0.39, 0.29) is 12.4 Å². The lowest BCUT2D eigenvalue weighted by Crippen LogP contribution is -2.08. The van der Waals surface area contributed by atoms with E-state index in [4.69, 9.17) is 4.74 Å². The number of halogens is 1. The Morgan fingerprint density at radius 2 is 2.17 bits per heavy atom. The Balaban J connectivity index is 2.87. The number of Topliss-reactive ketones (excluding diaryl/α,β-unsaturated/α-hetero) is 1. The van der Waals surface area contributed by atoms with E-state index in [1.807, 2.05) is 24.3 Å². The molecule has 1 aromatic rings. The number of hydrogen-bond donors (Lipinski definition) is 0. The Labute approximate surface area is 85.1 Å². The third-order valence-electron chi connectivity index (χ3n) is 1.45. The molecule has 0 fully saturated rings. The normalized spacial score (nSPS) is 9.83. The second kappa shape index (κ2) is 4.57. The van der Waals surface area contributed by atoms with Gasteiger partial charge in [-0.1, -0.05) is 18.2 Å². The van der Waals surface area contributed by atoms with Crippen molar-refractivity contribution in [1.29, 1.82) is 0 Å². The molecule has 0 saturated carbocycles. The standard InChI is InChI=1S/C9H9IO2/c1-12-6-9(11)7-4-2-3-5-8(7)10/h2-5H,6H2,1H3. The van der Waals surface area contributed by atoms with Crippen molar-refractivity contribution < 1.29 is 9.53 Å². The maximum atomic E-state index is 11.3. The van der Waals surface area contributed by atoms with E-state index in [9.17, 15) is 4.79 Å². The molecule has 0 aromatic heterocycles. The molecule has 0 bridgehead atoms. The van der Waals surface area contributed by atoms with Crippen molar-refractivity contribution >= 4 is 28.4 Å². The SMILES string of the molecule is COCC(=O)c1ccccc1I. The molecule has 2 nitrogen and oxygen atoms in total. The number of ether oxygens (including phenoxy) is 1. The molecule has 0 heterocycles. The second-order valence-electron chi connectivity index (χ2n) is 2.34. The van der Waals surface area contributed by atoms with Gasteiger partial charge in [0.05, 0.1) is 0 Å². The van der Waals surface area contributed by atoms with Crippen molar-refractivity contribution in [1.82, 2.24) is 0 Å². The van der Waals surface area contributed by atoms with Crippen LogP contribution in [-0.4, -0.2) is 19.5 Å². The summed E-state index contributed by atoms with van der Waals surface area (Å²) in [6, 6.07) is 7.48. The van der Waals surface area contributed by atoms with Gasteiger partial charge in [0, 0.05) is 16.2 Å². The van der Waals surface area contributed by atoms with Gasteiger partial charge in [0.2, 0.25) is 0 Å². The Hall–Kier alpha value is -0.420. The predicted molar refractivity (Wildman–Crippen MR) is 55.4 cm³/mol. The van der Waals surface area contributed by atoms with Gasteiger partial charge in [-0.2, -0.15) is 0 Å². The molecule has 0 aliphatic rings. The summed E-state index contributed by atoms with van der Waals surface area (Å²) in [6.45, 7) is 0.153. The zero-order valence-electron chi connectivity index (χ0n) is 6.71. The lowest BCUT2D eigenvalue weighted by molar-refractivity contribution is 0.0847. The molecule has 1 rings (SSSR count). The average molecular weight is 276 g/mol. The van der Waals surface area contributed by atoms with Gasteiger partial charge < -0.3 is 4.74 Å². The molecule has 0 saturated heterocycles. The number of carbonyl (C=O) groups is 1. The van der Waals surface area contributed by atoms with Gasteiger partial charge in [0.25, 0.3) is 0 Å². The zero-order chi connectivity index (χ0) is 8.97. The fraction of sp³-hybridized carbons (Fsp3) is 0.222. The van der Waals surface area contributed by atoms with Crippen molar-refractivity contribution in [3.63, 3.8) is 0 Å². The topological polar surface area (TPSA) is 26.3 Å². The van der Waals surface area contributed by atoms with E-state index in [2.05, 4.69) is 22.6 Å². The highest BCUT2D eigenvalue weighted by Crippen LogP contribution is 2.11. The molecule has 1 aromatic carbocycles. The quantitative estimate of drug-likeness (QED) is 0.624. The molecule has 0 N–H and O–H groups in total. The highest BCUT2D eigenvalue weighted by molar-refractivity contribution is 14.1. The Morgan fingerprint density at radius 1 is 1.50 bits per heavy atom. The van der Waals surface area contributed by atoms with E-state index in [1.54, 1.807) is 0 Å². The number of rotatable bonds is 3. The smallest absolute Gasteiger partial charge is 0.189 e. The molecule has 0 spiro atoms. The van der Waals surface area contributed by atoms with Crippen LogP contribution in [0.15, 0.2) is 24.3 Å². The summed E-state index contributed by atoms with van der Waals surface area (Å²) >= 11 is 2.14. The van der Waals surface area contributed by atoms with Gasteiger partial charge in [-0.15, -0.1) is 0 Å². The molecule has 0 radical (unpaired) electrons. The fourth-order valence-electron chi connectivity index (χ4n) is 0.896. The van der Waals surface area contributed by atoms with Crippen LogP contribution < -0.4 is 0 Å². The number of hydrogen-bond acceptors (Lipinski definition) is 2. The van der Waals surface area contributed by atoms with Crippen LogP contribution >= 0.6 is 22.6 Å². The molecule has 3 heteroatoms. The van der Waals surface area contributed by atoms with E-state index < -0.39 is 0 Å². The second-order valence-corrected chi connectivity index (χ2v) is 3.50. The monoisotopic (exact) mass is 276 g/mol. The summed E-state index contributed by atoms with van der Waals surface area (Å²) in [5, 5.41) is 0. The predicted octanol–water partition coefficient (Wildman–Crippen LogP) is 2.12. The highest BCUT2D eigenvalue weighted by Gasteiger charge is 2.07. The molecular formula is C9H9IO2. The Bertz CT molecular complexity index is 284. The maximum Gasteiger partial charge on any atom is 0.189 e. The molecular weight excluding hydrogens is 267 g/mol. The molecule has 12 heavy (non-hydrogen) atoms. The van der Waals surface area contributed by atoms with Crippen molar-refractivity contribution in [2.45, 2.75) is 0 Å². The molecule has 0 aliphatic heterocycles. The van der Waals surface area contributed by atoms with Gasteiger partial charge >= 0.3 is 0 Å². The van der Waals surface area contributed by atoms with Crippen LogP contribution in [0.4, 0.5) is 0 Å². The largest absolute Gasteiger partial charge is 0.377 e. The first-order chi connectivity index (χ1) is 5.75. The fourth-order valence-corrected chi connectivity index (χ4v) is 1.58. The minimum atomic E-state index is 0.0301. The van der Waals surface area contributed by atoms with Gasteiger partial charge in [-0.25, -0.2) is 0 Å². The van der Waals surface area contributed by atoms with Crippen LogP contribution in [-0.2, 0) is 4.74 Å². The van der Waals surface area contributed by atoms with Crippen LogP contribution in [0.3, 0.4) is 0 Å². The van der Waals surface area contributed by atoms with Crippen molar-refractivity contribution in [2.75, 3.05) is 13.7 Å². The molecule has 0 aliphatic carbocycles. The number of carbonyl (C=O) groups excluding carboxylic acids is 1. The lowest BCUT2D eigenvalue weighted by atomic mass is 10.1. The van der Waals surface area contributed by atoms with Crippen LogP contribution in [0, 0.1) is 3.57 Å². The number of ketones is 1. The van der Waals surface area contributed by atoms with Gasteiger partial charge in [0.15, 0.2) is 5.78 Å². The van der Waals surface area contributed by atoms with Crippen molar-refractivity contribution in [3.8, 4) is 0 Å². The van der Waals surface area contributed by atoms with E-state index in [0.29, 0.717) is 0 Å². The third kappa shape index (κ3) is 2.28. The van der Waals surface area contributed by atoms with E-state index >= 15 is 0 Å². The van der Waals surface area contributed by atoms with Gasteiger partial charge in [-0.05, 0) is 28.7 Å². The third-order valence-corrected chi connectivity index (χ3v) is 2.39. The first-order valence-electron chi connectivity index (χ1n) is 3.52. The summed E-state index contributed by atoms with van der Waals surface area (Å²) in [6.07, 6.45) is 0. The van der Waals surface area contributed by atoms with Crippen LogP contribution in [0.1, 0.15) is 10.4 Å². The molecule has 64 valence electrons. The number of benzene rings is 1. The molecule has 0 unspecified atom stereocenters. The van der Waals surface area contributed by atoms with Crippen molar-refractivity contribution in [3.05, 3.63) is 33.4 Å². The Kier molecular flexibility index (Phi) is 3.68. The van der Waals surface area contributed by atoms with Crippen LogP contribution in [0.2, 0.25) is 0 Å². The summed E-state index contributed by atoms with van der Waals surface area (Å²) in [7, 11) is 1.52. The van der Waals surface area contributed by atoms with Gasteiger partial charge in [0.1, 0.15) is 6.61 Å². The number of methoxy groups -OCH3 is 1. The summed E-state index contributed by atoms with van der Waals surface area (Å²) in [5.41, 5.74) is 0.736. The van der Waals surface area contributed by atoms with E-state index in [1.165, 1.54) is 7.11 Å². The first-order valence-corrected chi connectivity index (χ1v) is 4.60. The van der Waals surface area contributed by atoms with E-state index in [0.717, 1.165) is 9.13 Å². The highest BCUT2D eigenvalue weighted by atomic mass is 127. The van der Waals surface area contributed by atoms with Crippen LogP contribution in [0.25, 0.3) is 0 Å². The minimum Gasteiger partial charge on any atom is -0.377 e. The van der Waals surface area contributed by atoms with Gasteiger partial charge in [-0.3, -0.25) is 4.79 Å². The molecule has 0 amide bonds. The lowest BCUT2D eigenvalue weighted by Gasteiger charge is -2.01. The summed E-state index contributed by atoms with van der Waals surface area (Å²) in [4.78, 5) is 11.3. The Morgan fingerprint density at radius 3 is 2.75 bits per heavy atom. The first kappa shape index (κ1) is 9.67. The minimum absolute atomic E-state index is 0.0301. The summed E-state index contributed by atoms with van der Waals surface area (Å²) in [5.74, 6) is 0.0301. The van der Waals surface area contributed by atoms with Crippen molar-refractivity contribution in [2.24, 2.45) is 0 Å².